The first-order valence-electron chi connectivity index (χ1n) is 9.86. The summed E-state index contributed by atoms with van der Waals surface area (Å²) in [4.78, 5) is 6.96. The SMILES string of the molecule is OCC(O)Cc1[nH]c(F)nc1C(c1ccccc1)(c1ccccc1)c1ccccc1. The highest BCUT2D eigenvalue weighted by molar-refractivity contribution is 5.59. The second-order valence-corrected chi connectivity index (χ2v) is 7.24. The van der Waals surface area contributed by atoms with Gasteiger partial charge in [0, 0.05) is 12.1 Å². The fraction of sp³-hybridized carbons (Fsp3) is 0.160. The standard InChI is InChI=1S/C25H23FN2O2/c26-24-27-22(16-21(30)17-29)23(28-24)25(18-10-4-1-5-11-18,19-12-6-2-7-13-19)20-14-8-3-9-15-20/h1-15,21,29-30H,16-17H2,(H,27,28). The van der Waals surface area contributed by atoms with Crippen LogP contribution in [0.3, 0.4) is 0 Å². The average Bonchev–Trinajstić information content (AvgIpc) is 3.16. The number of nitrogens with one attached hydrogen (secondary N) is 1. The number of hydrogen-bond donors (Lipinski definition) is 3. The number of aromatic amines is 1. The minimum absolute atomic E-state index is 0.0526. The van der Waals surface area contributed by atoms with Crippen LogP contribution in [-0.2, 0) is 11.8 Å². The third kappa shape index (κ3) is 3.54. The maximum atomic E-state index is 14.5. The molecule has 4 nitrogen and oxygen atoms in total. The first kappa shape index (κ1) is 20.0. The lowest BCUT2D eigenvalue weighted by molar-refractivity contribution is 0.0944. The molecule has 1 unspecified atom stereocenters. The summed E-state index contributed by atoms with van der Waals surface area (Å²) in [5.74, 6) is 0. The van der Waals surface area contributed by atoms with Crippen LogP contribution in [0.1, 0.15) is 28.1 Å². The number of nitrogens with zero attached hydrogens (tertiary/aromatic N) is 1. The van der Waals surface area contributed by atoms with Gasteiger partial charge in [0.2, 0.25) is 0 Å². The highest BCUT2D eigenvalue weighted by atomic mass is 19.1. The highest BCUT2D eigenvalue weighted by Crippen LogP contribution is 2.45. The molecule has 0 aliphatic carbocycles. The van der Waals surface area contributed by atoms with Crippen molar-refractivity contribution in [2.45, 2.75) is 17.9 Å². The Labute approximate surface area is 174 Å². The van der Waals surface area contributed by atoms with Gasteiger partial charge in [-0.25, -0.2) is 4.98 Å². The quantitative estimate of drug-likeness (QED) is 0.412. The Balaban J connectivity index is 2.10. The number of aromatic nitrogens is 2. The molecule has 4 rings (SSSR count). The third-order valence-electron chi connectivity index (χ3n) is 5.38. The van der Waals surface area contributed by atoms with Gasteiger partial charge < -0.3 is 15.2 Å². The van der Waals surface area contributed by atoms with E-state index in [0.717, 1.165) is 16.7 Å². The van der Waals surface area contributed by atoms with Crippen molar-refractivity contribution in [1.82, 2.24) is 9.97 Å². The molecule has 30 heavy (non-hydrogen) atoms. The summed E-state index contributed by atoms with van der Waals surface area (Å²) >= 11 is 0. The summed E-state index contributed by atoms with van der Waals surface area (Å²) in [5.41, 5.74) is 2.78. The Hall–Kier alpha value is -3.28. The molecule has 0 aliphatic rings. The van der Waals surface area contributed by atoms with Crippen LogP contribution in [0.2, 0.25) is 0 Å². The van der Waals surface area contributed by atoms with Crippen LogP contribution in [0.5, 0.6) is 0 Å². The molecule has 0 fully saturated rings. The summed E-state index contributed by atoms with van der Waals surface area (Å²) in [5, 5.41) is 19.5. The number of aliphatic hydroxyl groups is 2. The minimum Gasteiger partial charge on any atom is -0.394 e. The topological polar surface area (TPSA) is 69.1 Å². The zero-order chi connectivity index (χ0) is 21.0. The fourth-order valence-electron chi connectivity index (χ4n) is 4.11. The van der Waals surface area contributed by atoms with E-state index in [2.05, 4.69) is 9.97 Å². The van der Waals surface area contributed by atoms with Crippen LogP contribution in [0, 0.1) is 6.08 Å². The van der Waals surface area contributed by atoms with Crippen molar-refractivity contribution in [2.24, 2.45) is 0 Å². The van der Waals surface area contributed by atoms with Crippen molar-refractivity contribution in [2.75, 3.05) is 6.61 Å². The largest absolute Gasteiger partial charge is 0.394 e. The normalized spacial score (nSPS) is 12.6. The maximum Gasteiger partial charge on any atom is 0.287 e. The molecule has 0 amide bonds. The van der Waals surface area contributed by atoms with Crippen LogP contribution in [0.25, 0.3) is 0 Å². The van der Waals surface area contributed by atoms with E-state index in [1.165, 1.54) is 0 Å². The van der Waals surface area contributed by atoms with Gasteiger partial charge in [0.05, 0.1) is 23.8 Å². The Bertz CT molecular complexity index is 985. The van der Waals surface area contributed by atoms with E-state index in [0.29, 0.717) is 11.4 Å². The van der Waals surface area contributed by atoms with E-state index < -0.39 is 24.2 Å². The highest BCUT2D eigenvalue weighted by Gasteiger charge is 2.42. The van der Waals surface area contributed by atoms with Gasteiger partial charge in [0.25, 0.3) is 6.08 Å². The van der Waals surface area contributed by atoms with Crippen LogP contribution < -0.4 is 0 Å². The molecule has 3 aromatic carbocycles. The van der Waals surface area contributed by atoms with Crippen molar-refractivity contribution in [1.29, 1.82) is 0 Å². The Morgan fingerprint density at radius 1 is 0.800 bits per heavy atom. The lowest BCUT2D eigenvalue weighted by atomic mass is 9.66. The predicted octanol–water partition coefficient (Wildman–Crippen LogP) is 3.83. The molecule has 4 aromatic rings. The average molecular weight is 402 g/mol. The van der Waals surface area contributed by atoms with Crippen LogP contribution in [-0.4, -0.2) is 32.9 Å². The van der Waals surface area contributed by atoms with Crippen molar-refractivity contribution in [3.63, 3.8) is 0 Å². The first-order valence-corrected chi connectivity index (χ1v) is 9.86. The van der Waals surface area contributed by atoms with Crippen molar-refractivity contribution in [3.8, 4) is 0 Å². The Morgan fingerprint density at radius 2 is 1.23 bits per heavy atom. The van der Waals surface area contributed by atoms with Gasteiger partial charge in [-0.05, 0) is 16.7 Å². The molecule has 0 aliphatic heterocycles. The molecule has 0 bridgehead atoms. The van der Waals surface area contributed by atoms with Gasteiger partial charge >= 0.3 is 0 Å². The van der Waals surface area contributed by atoms with Crippen LogP contribution >= 0.6 is 0 Å². The van der Waals surface area contributed by atoms with Crippen molar-refractivity contribution >= 4 is 0 Å². The number of H-pyrrole nitrogens is 1. The summed E-state index contributed by atoms with van der Waals surface area (Å²) in [6, 6.07) is 29.5. The second-order valence-electron chi connectivity index (χ2n) is 7.24. The Morgan fingerprint density at radius 3 is 1.63 bits per heavy atom. The lowest BCUT2D eigenvalue weighted by Gasteiger charge is -2.35. The molecule has 1 heterocycles. The zero-order valence-electron chi connectivity index (χ0n) is 16.4. The van der Waals surface area contributed by atoms with Crippen molar-refractivity contribution in [3.05, 3.63) is 125 Å². The summed E-state index contributed by atoms with van der Waals surface area (Å²) in [6.45, 7) is -0.422. The van der Waals surface area contributed by atoms with E-state index in [-0.39, 0.29) is 6.42 Å². The second kappa shape index (κ2) is 8.61. The molecule has 152 valence electrons. The lowest BCUT2D eigenvalue weighted by Crippen LogP contribution is -2.33. The van der Waals surface area contributed by atoms with E-state index in [1.807, 2.05) is 91.0 Å². The molecule has 1 aromatic heterocycles. The summed E-state index contributed by atoms with van der Waals surface area (Å²) in [7, 11) is 0. The smallest absolute Gasteiger partial charge is 0.287 e. The number of hydrogen-bond acceptors (Lipinski definition) is 3. The van der Waals surface area contributed by atoms with Gasteiger partial charge in [-0.2, -0.15) is 4.39 Å². The number of benzene rings is 3. The molecule has 0 radical (unpaired) electrons. The van der Waals surface area contributed by atoms with E-state index in [4.69, 9.17) is 0 Å². The molecule has 0 saturated carbocycles. The molecule has 3 N–H and O–H groups in total. The molecular weight excluding hydrogens is 379 g/mol. The zero-order valence-corrected chi connectivity index (χ0v) is 16.4. The van der Waals surface area contributed by atoms with Crippen molar-refractivity contribution < 1.29 is 14.6 Å². The number of rotatable bonds is 7. The van der Waals surface area contributed by atoms with Gasteiger partial charge in [-0.3, -0.25) is 0 Å². The predicted molar refractivity (Wildman–Crippen MR) is 114 cm³/mol. The minimum atomic E-state index is -1.02. The van der Waals surface area contributed by atoms with E-state index in [1.54, 1.807) is 0 Å². The third-order valence-corrected chi connectivity index (χ3v) is 5.38. The molecule has 0 saturated heterocycles. The van der Waals surface area contributed by atoms with E-state index in [9.17, 15) is 14.6 Å². The van der Waals surface area contributed by atoms with Gasteiger partial charge in [-0.1, -0.05) is 91.0 Å². The number of aliphatic hydroxyl groups excluding tert-OH is 2. The molecule has 5 heteroatoms. The van der Waals surface area contributed by atoms with E-state index >= 15 is 0 Å². The molecule has 1 atom stereocenters. The summed E-state index contributed by atoms with van der Waals surface area (Å²) < 4.78 is 14.5. The fourth-order valence-corrected chi connectivity index (χ4v) is 4.11. The molecule has 0 spiro atoms. The Kier molecular flexibility index (Phi) is 5.74. The number of halogens is 1. The van der Waals surface area contributed by atoms with Crippen LogP contribution in [0.15, 0.2) is 91.0 Å². The maximum absolute atomic E-state index is 14.5. The summed E-state index contributed by atoms with van der Waals surface area (Å²) in [6.07, 6.45) is -1.70. The van der Waals surface area contributed by atoms with Gasteiger partial charge in [0.1, 0.15) is 0 Å². The van der Waals surface area contributed by atoms with Crippen LogP contribution in [0.4, 0.5) is 4.39 Å². The first-order chi connectivity index (χ1) is 14.7. The number of imidazole rings is 1. The van der Waals surface area contributed by atoms with Gasteiger partial charge in [-0.15, -0.1) is 0 Å². The van der Waals surface area contributed by atoms with Gasteiger partial charge in [0.15, 0.2) is 0 Å². The monoisotopic (exact) mass is 402 g/mol. The molecular formula is C25H23FN2O2.